The maximum absolute atomic E-state index is 10.6. The molecule has 0 saturated heterocycles. The van der Waals surface area contributed by atoms with E-state index in [9.17, 15) is 9.90 Å². The Morgan fingerprint density at radius 1 is 1.06 bits per heavy atom. The molecule has 0 amide bonds. The zero-order valence-corrected chi connectivity index (χ0v) is 8.53. The molecule has 2 aromatic rings. The number of hydrogen-bond acceptors (Lipinski definition) is 5. The second-order valence-electron chi connectivity index (χ2n) is 3.30. The number of benzene rings is 1. The van der Waals surface area contributed by atoms with E-state index in [4.69, 9.17) is 10.2 Å². The molecule has 0 bridgehead atoms. The van der Waals surface area contributed by atoms with Gasteiger partial charge in [-0.3, -0.25) is 0 Å². The standard InChI is InChI=1S/C11H8N2O4/c14-8-2-1-6(3-9(8)15)10-12-4-7(5-13-10)11(16)17/h1-5,14-15H,(H,16,17). The van der Waals surface area contributed by atoms with Gasteiger partial charge in [-0.25, -0.2) is 14.8 Å². The van der Waals surface area contributed by atoms with Gasteiger partial charge in [-0.1, -0.05) is 0 Å². The summed E-state index contributed by atoms with van der Waals surface area (Å²) in [6.07, 6.45) is 2.35. The average Bonchev–Trinajstić information content (AvgIpc) is 2.33. The highest BCUT2D eigenvalue weighted by Crippen LogP contribution is 2.28. The summed E-state index contributed by atoms with van der Waals surface area (Å²) in [5.41, 5.74) is 0.467. The molecule has 0 aliphatic carbocycles. The van der Waals surface area contributed by atoms with Crippen LogP contribution in [0.3, 0.4) is 0 Å². The van der Waals surface area contributed by atoms with Gasteiger partial charge in [0.05, 0.1) is 5.56 Å². The molecule has 17 heavy (non-hydrogen) atoms. The van der Waals surface area contributed by atoms with Crippen LogP contribution in [-0.4, -0.2) is 31.3 Å². The lowest BCUT2D eigenvalue weighted by molar-refractivity contribution is 0.0696. The summed E-state index contributed by atoms with van der Waals surface area (Å²) in [5, 5.41) is 27.1. The number of phenolic OH excluding ortho intramolecular Hbond substituents is 2. The number of carboxylic acids is 1. The number of nitrogens with zero attached hydrogens (tertiary/aromatic N) is 2. The van der Waals surface area contributed by atoms with E-state index in [-0.39, 0.29) is 22.9 Å². The van der Waals surface area contributed by atoms with Crippen molar-refractivity contribution in [2.24, 2.45) is 0 Å². The van der Waals surface area contributed by atoms with Crippen molar-refractivity contribution in [2.75, 3.05) is 0 Å². The quantitative estimate of drug-likeness (QED) is 0.673. The smallest absolute Gasteiger partial charge is 0.338 e. The van der Waals surface area contributed by atoms with Crippen LogP contribution in [0.15, 0.2) is 30.6 Å². The largest absolute Gasteiger partial charge is 0.504 e. The first-order valence-electron chi connectivity index (χ1n) is 4.65. The van der Waals surface area contributed by atoms with Gasteiger partial charge in [0.2, 0.25) is 0 Å². The predicted octanol–water partition coefficient (Wildman–Crippen LogP) is 1.25. The number of aromatic hydroxyl groups is 2. The fraction of sp³-hybridized carbons (Fsp3) is 0. The molecular weight excluding hydrogens is 224 g/mol. The first kappa shape index (κ1) is 10.9. The fourth-order valence-electron chi connectivity index (χ4n) is 1.25. The third-order valence-corrected chi connectivity index (χ3v) is 2.13. The van der Waals surface area contributed by atoms with E-state index >= 15 is 0 Å². The van der Waals surface area contributed by atoms with Crippen LogP contribution in [0.25, 0.3) is 11.4 Å². The molecule has 3 N–H and O–H groups in total. The molecule has 0 fully saturated rings. The molecule has 1 heterocycles. The summed E-state index contributed by atoms with van der Waals surface area (Å²) in [6, 6.07) is 4.12. The molecule has 0 radical (unpaired) electrons. The van der Waals surface area contributed by atoms with Gasteiger partial charge in [0.15, 0.2) is 17.3 Å². The van der Waals surface area contributed by atoms with Crippen LogP contribution >= 0.6 is 0 Å². The van der Waals surface area contributed by atoms with Gasteiger partial charge in [0.25, 0.3) is 0 Å². The lowest BCUT2D eigenvalue weighted by Crippen LogP contribution is -1.99. The van der Waals surface area contributed by atoms with Crippen molar-refractivity contribution in [2.45, 2.75) is 0 Å². The van der Waals surface area contributed by atoms with Gasteiger partial charge >= 0.3 is 5.97 Å². The van der Waals surface area contributed by atoms with Crippen molar-refractivity contribution in [1.82, 2.24) is 9.97 Å². The first-order chi connectivity index (χ1) is 8.08. The van der Waals surface area contributed by atoms with Crippen LogP contribution in [0.4, 0.5) is 0 Å². The van der Waals surface area contributed by atoms with Crippen LogP contribution in [0.1, 0.15) is 10.4 Å². The molecule has 0 saturated carbocycles. The lowest BCUT2D eigenvalue weighted by atomic mass is 10.2. The SMILES string of the molecule is O=C(O)c1cnc(-c2ccc(O)c(O)c2)nc1. The minimum Gasteiger partial charge on any atom is -0.504 e. The first-order valence-corrected chi connectivity index (χ1v) is 4.65. The molecule has 0 atom stereocenters. The highest BCUT2D eigenvalue weighted by Gasteiger charge is 2.07. The van der Waals surface area contributed by atoms with Crippen molar-refractivity contribution in [3.05, 3.63) is 36.2 Å². The number of carboxylic acid groups (broad SMARTS) is 1. The predicted molar refractivity (Wildman–Crippen MR) is 57.8 cm³/mol. The molecule has 6 heteroatoms. The zero-order chi connectivity index (χ0) is 12.4. The summed E-state index contributed by atoms with van der Waals surface area (Å²) in [5.74, 6) is -1.36. The minimum absolute atomic E-state index is 0.0169. The van der Waals surface area contributed by atoms with Gasteiger partial charge in [-0.15, -0.1) is 0 Å². The number of carbonyl (C=O) groups is 1. The van der Waals surface area contributed by atoms with Crippen molar-refractivity contribution in [3.63, 3.8) is 0 Å². The Morgan fingerprint density at radius 3 is 2.24 bits per heavy atom. The Morgan fingerprint density at radius 2 is 1.71 bits per heavy atom. The number of hydrogen-bond donors (Lipinski definition) is 3. The van der Waals surface area contributed by atoms with Crippen LogP contribution < -0.4 is 0 Å². The van der Waals surface area contributed by atoms with E-state index in [1.54, 1.807) is 0 Å². The van der Waals surface area contributed by atoms with Gasteiger partial charge in [0, 0.05) is 18.0 Å². The maximum Gasteiger partial charge on any atom is 0.338 e. The molecule has 0 aliphatic rings. The van der Waals surface area contributed by atoms with E-state index in [0.717, 1.165) is 0 Å². The number of aromatic nitrogens is 2. The van der Waals surface area contributed by atoms with Crippen LogP contribution in [0.2, 0.25) is 0 Å². The van der Waals surface area contributed by atoms with E-state index in [2.05, 4.69) is 9.97 Å². The summed E-state index contributed by atoms with van der Waals surface area (Å²) < 4.78 is 0. The molecular formula is C11H8N2O4. The molecule has 6 nitrogen and oxygen atoms in total. The van der Waals surface area contributed by atoms with Crippen LogP contribution in [-0.2, 0) is 0 Å². The second-order valence-corrected chi connectivity index (χ2v) is 3.30. The second kappa shape index (κ2) is 4.09. The Labute approximate surface area is 95.8 Å². The number of aromatic carboxylic acids is 1. The molecule has 1 aromatic carbocycles. The van der Waals surface area contributed by atoms with Gasteiger partial charge in [-0.05, 0) is 18.2 Å². The van der Waals surface area contributed by atoms with Crippen molar-refractivity contribution in [3.8, 4) is 22.9 Å². The molecule has 0 spiro atoms. The summed E-state index contributed by atoms with van der Waals surface area (Å²) in [6.45, 7) is 0. The normalized spacial score (nSPS) is 10.1. The highest BCUT2D eigenvalue weighted by molar-refractivity contribution is 5.86. The van der Waals surface area contributed by atoms with Crippen molar-refractivity contribution < 1.29 is 20.1 Å². The third kappa shape index (κ3) is 2.15. The summed E-state index contributed by atoms with van der Waals surface area (Å²) >= 11 is 0. The Bertz CT molecular complexity index is 566. The highest BCUT2D eigenvalue weighted by atomic mass is 16.4. The maximum atomic E-state index is 10.6. The number of phenols is 2. The van der Waals surface area contributed by atoms with Gasteiger partial charge in [-0.2, -0.15) is 0 Å². The van der Waals surface area contributed by atoms with E-state index in [0.29, 0.717) is 5.56 Å². The Balaban J connectivity index is 2.39. The minimum atomic E-state index is -1.11. The third-order valence-electron chi connectivity index (χ3n) is 2.13. The van der Waals surface area contributed by atoms with E-state index in [1.165, 1.54) is 30.6 Å². The van der Waals surface area contributed by atoms with Crippen LogP contribution in [0.5, 0.6) is 11.5 Å². The zero-order valence-electron chi connectivity index (χ0n) is 8.53. The van der Waals surface area contributed by atoms with Crippen molar-refractivity contribution in [1.29, 1.82) is 0 Å². The monoisotopic (exact) mass is 232 g/mol. The Kier molecular flexibility index (Phi) is 2.61. The molecule has 1 aromatic heterocycles. The van der Waals surface area contributed by atoms with Gasteiger partial charge in [0.1, 0.15) is 0 Å². The molecule has 0 unspecified atom stereocenters. The van der Waals surface area contributed by atoms with Crippen LogP contribution in [0, 0.1) is 0 Å². The lowest BCUT2D eigenvalue weighted by Gasteiger charge is -2.02. The Hall–Kier alpha value is -2.63. The fourth-order valence-corrected chi connectivity index (χ4v) is 1.25. The number of rotatable bonds is 2. The average molecular weight is 232 g/mol. The van der Waals surface area contributed by atoms with E-state index < -0.39 is 5.97 Å². The van der Waals surface area contributed by atoms with Crippen molar-refractivity contribution >= 4 is 5.97 Å². The molecule has 86 valence electrons. The topological polar surface area (TPSA) is 104 Å². The molecule has 2 rings (SSSR count). The van der Waals surface area contributed by atoms with Gasteiger partial charge < -0.3 is 15.3 Å². The summed E-state index contributed by atoms with van der Waals surface area (Å²) in [7, 11) is 0. The molecule has 0 aliphatic heterocycles. The summed E-state index contributed by atoms with van der Waals surface area (Å²) in [4.78, 5) is 18.3. The van der Waals surface area contributed by atoms with E-state index in [1.807, 2.05) is 0 Å².